The predicted octanol–water partition coefficient (Wildman–Crippen LogP) is 2.42. The van der Waals surface area contributed by atoms with E-state index in [-0.39, 0.29) is 30.2 Å². The summed E-state index contributed by atoms with van der Waals surface area (Å²) in [5.74, 6) is -0.678. The van der Waals surface area contributed by atoms with Crippen LogP contribution in [0.4, 0.5) is 14.9 Å². The lowest BCUT2D eigenvalue weighted by molar-refractivity contribution is -0.190. The first-order chi connectivity index (χ1) is 13.5. The van der Waals surface area contributed by atoms with E-state index in [1.165, 1.54) is 19.1 Å². The minimum absolute atomic E-state index is 0.0555. The van der Waals surface area contributed by atoms with Gasteiger partial charge in [-0.1, -0.05) is 42.5 Å². The van der Waals surface area contributed by atoms with Crippen LogP contribution in [-0.2, 0) is 4.79 Å². The maximum atomic E-state index is 13.8. The quantitative estimate of drug-likeness (QED) is 0.855. The second-order valence-electron chi connectivity index (χ2n) is 7.40. The number of aliphatic hydroxyl groups excluding tert-OH is 1. The van der Waals surface area contributed by atoms with Gasteiger partial charge in [0, 0.05) is 25.9 Å². The largest absolute Gasteiger partial charge is 0.394 e. The first-order valence-electron chi connectivity index (χ1n) is 9.24. The summed E-state index contributed by atoms with van der Waals surface area (Å²) in [6.45, 7) is 2.02. The normalized spacial score (nSPS) is 22.4. The van der Waals surface area contributed by atoms with E-state index in [9.17, 15) is 19.1 Å². The number of anilines is 1. The van der Waals surface area contributed by atoms with E-state index in [4.69, 9.17) is 0 Å². The van der Waals surface area contributed by atoms with Crippen molar-refractivity contribution in [2.75, 3.05) is 25.0 Å². The third kappa shape index (κ3) is 2.74. The molecule has 0 aliphatic carbocycles. The van der Waals surface area contributed by atoms with Crippen molar-refractivity contribution in [1.82, 2.24) is 9.80 Å². The standard InChI is InChI=1S/C21H22FN3O3/c1-14(27)25-18(11-26)19(15-7-3-2-4-8-15)21(25)12-24(13-21)20(28)23-17-10-6-5-9-16(17)22/h2-10,18-19,26H,11-13H2,1H3,(H,23,28)/t18-,19-/m0/s1. The number of hydrogen-bond acceptors (Lipinski definition) is 3. The highest BCUT2D eigenvalue weighted by atomic mass is 19.1. The number of para-hydroxylation sites is 1. The van der Waals surface area contributed by atoms with E-state index in [0.29, 0.717) is 13.1 Å². The van der Waals surface area contributed by atoms with Crippen molar-refractivity contribution in [1.29, 1.82) is 0 Å². The molecular weight excluding hydrogens is 361 g/mol. The van der Waals surface area contributed by atoms with E-state index in [1.807, 2.05) is 30.3 Å². The summed E-state index contributed by atoms with van der Waals surface area (Å²) in [4.78, 5) is 28.0. The number of rotatable bonds is 3. The molecule has 0 radical (unpaired) electrons. The Morgan fingerprint density at radius 3 is 2.39 bits per heavy atom. The zero-order chi connectivity index (χ0) is 19.9. The van der Waals surface area contributed by atoms with Crippen molar-refractivity contribution in [3.05, 3.63) is 66.0 Å². The van der Waals surface area contributed by atoms with Crippen LogP contribution in [0.5, 0.6) is 0 Å². The van der Waals surface area contributed by atoms with E-state index >= 15 is 0 Å². The van der Waals surface area contributed by atoms with Gasteiger partial charge in [-0.05, 0) is 17.7 Å². The van der Waals surface area contributed by atoms with Crippen LogP contribution in [-0.4, -0.2) is 58.1 Å². The molecule has 2 aliphatic heterocycles. The molecule has 0 unspecified atom stereocenters. The van der Waals surface area contributed by atoms with Gasteiger partial charge in [0.1, 0.15) is 5.82 Å². The van der Waals surface area contributed by atoms with Crippen LogP contribution in [0.1, 0.15) is 18.4 Å². The summed E-state index contributed by atoms with van der Waals surface area (Å²) in [7, 11) is 0. The number of amides is 3. The number of aliphatic hydroxyl groups is 1. The lowest BCUT2D eigenvalue weighted by atomic mass is 9.60. The minimum atomic E-state index is -0.535. The highest BCUT2D eigenvalue weighted by molar-refractivity contribution is 5.91. The highest BCUT2D eigenvalue weighted by Gasteiger charge is 2.67. The zero-order valence-corrected chi connectivity index (χ0v) is 15.5. The van der Waals surface area contributed by atoms with Gasteiger partial charge in [-0.2, -0.15) is 0 Å². The van der Waals surface area contributed by atoms with Crippen LogP contribution in [0.3, 0.4) is 0 Å². The smallest absolute Gasteiger partial charge is 0.322 e. The molecule has 28 heavy (non-hydrogen) atoms. The first-order valence-corrected chi connectivity index (χ1v) is 9.24. The molecular formula is C21H22FN3O3. The van der Waals surface area contributed by atoms with Gasteiger partial charge in [0.25, 0.3) is 0 Å². The fourth-order valence-corrected chi connectivity index (χ4v) is 4.70. The number of benzene rings is 2. The topological polar surface area (TPSA) is 72.9 Å². The van der Waals surface area contributed by atoms with Gasteiger partial charge in [0.15, 0.2) is 0 Å². The molecule has 3 amide bonds. The lowest BCUT2D eigenvalue weighted by Gasteiger charge is -2.70. The molecule has 2 fully saturated rings. The van der Waals surface area contributed by atoms with Gasteiger partial charge in [-0.25, -0.2) is 9.18 Å². The van der Waals surface area contributed by atoms with Gasteiger partial charge in [-0.3, -0.25) is 4.79 Å². The third-order valence-corrected chi connectivity index (χ3v) is 5.79. The first kappa shape index (κ1) is 18.4. The SMILES string of the molecule is CC(=O)N1[C@@H](CO)[C@H](c2ccccc2)C12CN(C(=O)Nc1ccccc1F)C2. The van der Waals surface area contributed by atoms with Gasteiger partial charge in [0.05, 0.1) is 23.9 Å². The Hall–Kier alpha value is -2.93. The molecule has 1 spiro atoms. The molecule has 2 saturated heterocycles. The second-order valence-corrected chi connectivity index (χ2v) is 7.40. The van der Waals surface area contributed by atoms with Gasteiger partial charge in [0.2, 0.25) is 5.91 Å². The monoisotopic (exact) mass is 383 g/mol. The Balaban J connectivity index is 1.54. The summed E-state index contributed by atoms with van der Waals surface area (Å²) < 4.78 is 13.8. The molecule has 2 aliphatic rings. The Kier molecular flexibility index (Phi) is 4.55. The number of halogens is 1. The van der Waals surface area contributed by atoms with E-state index in [1.54, 1.807) is 21.9 Å². The van der Waals surface area contributed by atoms with Gasteiger partial charge < -0.3 is 20.2 Å². The van der Waals surface area contributed by atoms with E-state index < -0.39 is 17.4 Å². The van der Waals surface area contributed by atoms with Crippen LogP contribution in [0.15, 0.2) is 54.6 Å². The fourth-order valence-electron chi connectivity index (χ4n) is 4.70. The molecule has 2 aromatic carbocycles. The molecule has 2 aromatic rings. The molecule has 2 N–H and O–H groups in total. The van der Waals surface area contributed by atoms with Crippen LogP contribution in [0.2, 0.25) is 0 Å². The maximum Gasteiger partial charge on any atom is 0.322 e. The number of carbonyl (C=O) groups is 2. The predicted molar refractivity (Wildman–Crippen MR) is 102 cm³/mol. The van der Waals surface area contributed by atoms with Crippen LogP contribution in [0.25, 0.3) is 0 Å². The summed E-state index contributed by atoms with van der Waals surface area (Å²) in [5.41, 5.74) is 0.624. The van der Waals surface area contributed by atoms with Crippen LogP contribution in [0, 0.1) is 5.82 Å². The Labute approximate surface area is 162 Å². The number of nitrogens with zero attached hydrogens (tertiary/aromatic N) is 2. The van der Waals surface area contributed by atoms with E-state index in [2.05, 4.69) is 5.32 Å². The van der Waals surface area contributed by atoms with Crippen molar-refractivity contribution >= 4 is 17.6 Å². The number of urea groups is 1. The van der Waals surface area contributed by atoms with Crippen LogP contribution >= 0.6 is 0 Å². The van der Waals surface area contributed by atoms with Crippen molar-refractivity contribution in [3.8, 4) is 0 Å². The van der Waals surface area contributed by atoms with Crippen LogP contribution < -0.4 is 5.32 Å². The number of likely N-dealkylation sites (tertiary alicyclic amines) is 2. The van der Waals surface area contributed by atoms with Gasteiger partial charge in [-0.15, -0.1) is 0 Å². The molecule has 146 valence electrons. The third-order valence-electron chi connectivity index (χ3n) is 5.79. The second kappa shape index (κ2) is 6.91. The number of hydrogen-bond donors (Lipinski definition) is 2. The lowest BCUT2D eigenvalue weighted by Crippen LogP contribution is -2.86. The summed E-state index contributed by atoms with van der Waals surface area (Å²) >= 11 is 0. The molecule has 4 rings (SSSR count). The van der Waals surface area contributed by atoms with Crippen molar-refractivity contribution in [2.24, 2.45) is 0 Å². The molecule has 0 saturated carbocycles. The van der Waals surface area contributed by atoms with E-state index in [0.717, 1.165) is 5.56 Å². The fraction of sp³-hybridized carbons (Fsp3) is 0.333. The summed E-state index contributed by atoms with van der Waals surface area (Å²) in [6.07, 6.45) is 0. The van der Waals surface area contributed by atoms with Crippen molar-refractivity contribution in [2.45, 2.75) is 24.4 Å². The summed E-state index contributed by atoms with van der Waals surface area (Å²) in [5, 5.41) is 12.4. The molecule has 6 nitrogen and oxygen atoms in total. The number of carbonyl (C=O) groups excluding carboxylic acids is 2. The Morgan fingerprint density at radius 1 is 1.14 bits per heavy atom. The highest BCUT2D eigenvalue weighted by Crippen LogP contribution is 2.53. The molecule has 2 heterocycles. The summed E-state index contributed by atoms with van der Waals surface area (Å²) in [6, 6.07) is 15.0. The molecule has 7 heteroatoms. The van der Waals surface area contributed by atoms with Crippen molar-refractivity contribution < 1.29 is 19.1 Å². The Morgan fingerprint density at radius 2 is 1.79 bits per heavy atom. The molecule has 2 atom stereocenters. The maximum absolute atomic E-state index is 13.8. The molecule has 0 aromatic heterocycles. The minimum Gasteiger partial charge on any atom is -0.394 e. The van der Waals surface area contributed by atoms with Crippen molar-refractivity contribution in [3.63, 3.8) is 0 Å². The Bertz CT molecular complexity index is 899. The molecule has 0 bridgehead atoms. The number of nitrogens with one attached hydrogen (secondary N) is 1. The zero-order valence-electron chi connectivity index (χ0n) is 15.5. The van der Waals surface area contributed by atoms with Gasteiger partial charge >= 0.3 is 6.03 Å². The average Bonchev–Trinajstić information content (AvgIpc) is 2.62. The average molecular weight is 383 g/mol.